The normalized spacial score (nSPS) is 17.7. The molecule has 8 N–H and O–H groups in total. The lowest BCUT2D eigenvalue weighted by Gasteiger charge is -2.23. The van der Waals surface area contributed by atoms with Crippen LogP contribution in [0.4, 0.5) is 0 Å². The van der Waals surface area contributed by atoms with Crippen LogP contribution in [0.5, 0.6) is 0 Å². The second-order valence-electron chi connectivity index (χ2n) is 2.51. The molecule has 0 aliphatic rings. The summed E-state index contributed by atoms with van der Waals surface area (Å²) < 4.78 is 0. The molecule has 0 amide bonds. The van der Waals surface area contributed by atoms with Gasteiger partial charge in [0.1, 0.15) is 18.3 Å². The maximum atomic E-state index is 10.1. The number of carboxylic acid groups (broad SMARTS) is 1. The molecule has 0 rings (SSSR count). The molecular weight excluding hydrogens is 212 g/mol. The average molecular weight is 230 g/mol. The molecular formula is C7H18O8. The molecule has 0 saturated heterocycles. The summed E-state index contributed by atoms with van der Waals surface area (Å²) in [6, 6.07) is 0. The number of aliphatic hydroxyl groups is 5. The van der Waals surface area contributed by atoms with Gasteiger partial charge in [0.25, 0.3) is 0 Å². The molecule has 8 nitrogen and oxygen atoms in total. The van der Waals surface area contributed by atoms with Crippen LogP contribution in [-0.4, -0.2) is 73.1 Å². The van der Waals surface area contributed by atoms with Gasteiger partial charge in [-0.1, -0.05) is 7.43 Å². The summed E-state index contributed by atoms with van der Waals surface area (Å²) in [4.78, 5) is 10.1. The van der Waals surface area contributed by atoms with Crippen LogP contribution in [0, 0.1) is 0 Å². The van der Waals surface area contributed by atoms with Gasteiger partial charge < -0.3 is 36.1 Å². The molecule has 4 atom stereocenters. The van der Waals surface area contributed by atoms with Gasteiger partial charge in [-0.3, -0.25) is 0 Å². The first-order valence-electron chi connectivity index (χ1n) is 3.47. The third-order valence-corrected chi connectivity index (χ3v) is 1.51. The monoisotopic (exact) mass is 230 g/mol. The highest BCUT2D eigenvalue weighted by Gasteiger charge is 2.33. The minimum atomic E-state index is -2.20. The first kappa shape index (κ1) is 19.7. The predicted octanol–water partition coefficient (Wildman–Crippen LogP) is -3.68. The molecule has 0 fully saturated rings. The Morgan fingerprint density at radius 3 is 1.73 bits per heavy atom. The summed E-state index contributed by atoms with van der Waals surface area (Å²) >= 11 is 0. The van der Waals surface area contributed by atoms with Crippen LogP contribution in [-0.2, 0) is 4.79 Å². The standard InChI is InChI=1S/C6H12O7.CH4.H2O/c7-1-2(8)3(9)4(10)5(11)6(12)13;;/h2-5,7-11H,1H2,(H,12,13);1H4;1H2/t2-,3-,4+,5-;;/m1../s1. The fourth-order valence-corrected chi connectivity index (χ4v) is 0.668. The summed E-state index contributed by atoms with van der Waals surface area (Å²) in [6.07, 6.45) is -7.84. The van der Waals surface area contributed by atoms with E-state index in [-0.39, 0.29) is 12.9 Å². The van der Waals surface area contributed by atoms with Crippen molar-refractivity contribution in [3.63, 3.8) is 0 Å². The number of rotatable bonds is 5. The highest BCUT2D eigenvalue weighted by atomic mass is 16.4. The second-order valence-corrected chi connectivity index (χ2v) is 2.51. The lowest BCUT2D eigenvalue weighted by Crippen LogP contribution is -2.48. The molecule has 0 bridgehead atoms. The maximum Gasteiger partial charge on any atom is 0.335 e. The molecule has 0 aromatic heterocycles. The number of hydrogen-bond acceptors (Lipinski definition) is 6. The van der Waals surface area contributed by atoms with Gasteiger partial charge in [-0.25, -0.2) is 4.79 Å². The van der Waals surface area contributed by atoms with Crippen LogP contribution in [0.25, 0.3) is 0 Å². The lowest BCUT2D eigenvalue weighted by molar-refractivity contribution is -0.164. The van der Waals surface area contributed by atoms with Gasteiger partial charge >= 0.3 is 5.97 Å². The Labute approximate surface area is 86.3 Å². The number of hydrogen-bond donors (Lipinski definition) is 6. The van der Waals surface area contributed by atoms with Crippen molar-refractivity contribution in [2.24, 2.45) is 0 Å². The van der Waals surface area contributed by atoms with E-state index in [4.69, 9.17) is 30.6 Å². The summed E-state index contributed by atoms with van der Waals surface area (Å²) in [6.45, 7) is -0.843. The van der Waals surface area contributed by atoms with Crippen LogP contribution in [0.3, 0.4) is 0 Å². The van der Waals surface area contributed by atoms with E-state index in [0.29, 0.717) is 0 Å². The van der Waals surface area contributed by atoms with Crippen LogP contribution in [0.1, 0.15) is 7.43 Å². The minimum Gasteiger partial charge on any atom is -0.479 e. The van der Waals surface area contributed by atoms with E-state index < -0.39 is 37.0 Å². The molecule has 0 aliphatic carbocycles. The van der Waals surface area contributed by atoms with Crippen molar-refractivity contribution >= 4 is 5.97 Å². The Hall–Kier alpha value is -0.770. The molecule has 15 heavy (non-hydrogen) atoms. The van der Waals surface area contributed by atoms with Crippen LogP contribution in [0.2, 0.25) is 0 Å². The van der Waals surface area contributed by atoms with Crippen molar-refractivity contribution in [2.45, 2.75) is 31.8 Å². The van der Waals surface area contributed by atoms with E-state index in [1.807, 2.05) is 0 Å². The zero-order valence-corrected chi connectivity index (χ0v) is 7.11. The number of aliphatic carboxylic acids is 1. The summed E-state index contributed by atoms with van der Waals surface area (Å²) in [7, 11) is 0. The quantitative estimate of drug-likeness (QED) is 0.282. The highest BCUT2D eigenvalue weighted by molar-refractivity contribution is 5.72. The average Bonchev–Trinajstić information content (AvgIpc) is 2.12. The van der Waals surface area contributed by atoms with E-state index in [1.54, 1.807) is 0 Å². The van der Waals surface area contributed by atoms with Gasteiger partial charge in [0, 0.05) is 0 Å². The largest absolute Gasteiger partial charge is 0.479 e. The molecule has 0 aliphatic heterocycles. The SMILES string of the molecule is C.O.O=C(O)[C@H](O)[C@@H](O)[C@H](O)[C@H](O)CO. The van der Waals surface area contributed by atoms with Gasteiger partial charge in [-0.2, -0.15) is 0 Å². The number of aliphatic hydroxyl groups excluding tert-OH is 5. The van der Waals surface area contributed by atoms with E-state index in [1.165, 1.54) is 0 Å². The van der Waals surface area contributed by atoms with Crippen LogP contribution in [0.15, 0.2) is 0 Å². The fraction of sp³-hybridized carbons (Fsp3) is 0.857. The van der Waals surface area contributed by atoms with Crippen molar-refractivity contribution < 1.29 is 40.9 Å². The summed E-state index contributed by atoms with van der Waals surface area (Å²) in [5, 5.41) is 51.8. The van der Waals surface area contributed by atoms with E-state index in [9.17, 15) is 4.79 Å². The topological polar surface area (TPSA) is 170 Å². The molecule has 94 valence electrons. The summed E-state index contributed by atoms with van der Waals surface area (Å²) in [5.74, 6) is -1.73. The van der Waals surface area contributed by atoms with Crippen molar-refractivity contribution in [3.8, 4) is 0 Å². The lowest BCUT2D eigenvalue weighted by atomic mass is 10.0. The number of carbonyl (C=O) groups is 1. The Morgan fingerprint density at radius 1 is 1.07 bits per heavy atom. The first-order valence-corrected chi connectivity index (χ1v) is 3.47. The van der Waals surface area contributed by atoms with E-state index >= 15 is 0 Å². The van der Waals surface area contributed by atoms with Gasteiger partial charge in [0.2, 0.25) is 0 Å². The van der Waals surface area contributed by atoms with Crippen molar-refractivity contribution in [2.75, 3.05) is 6.61 Å². The first-order chi connectivity index (χ1) is 5.91. The molecule has 0 unspecified atom stereocenters. The maximum absolute atomic E-state index is 10.1. The third kappa shape index (κ3) is 5.62. The molecule has 0 saturated carbocycles. The van der Waals surface area contributed by atoms with E-state index in [2.05, 4.69) is 0 Å². The number of carboxylic acids is 1. The molecule has 0 aromatic carbocycles. The molecule has 0 spiro atoms. The van der Waals surface area contributed by atoms with Crippen LogP contribution < -0.4 is 0 Å². The Balaban J connectivity index is -0.000000720. The summed E-state index contributed by atoms with van der Waals surface area (Å²) in [5.41, 5.74) is 0. The zero-order chi connectivity index (χ0) is 10.6. The Kier molecular flexibility index (Phi) is 11.2. The van der Waals surface area contributed by atoms with Crippen molar-refractivity contribution in [3.05, 3.63) is 0 Å². The van der Waals surface area contributed by atoms with Gasteiger partial charge in [-0.15, -0.1) is 0 Å². The van der Waals surface area contributed by atoms with Gasteiger partial charge in [0.15, 0.2) is 6.10 Å². The molecule has 0 radical (unpaired) electrons. The van der Waals surface area contributed by atoms with Crippen molar-refractivity contribution in [1.82, 2.24) is 0 Å². The smallest absolute Gasteiger partial charge is 0.335 e. The zero-order valence-electron chi connectivity index (χ0n) is 7.11. The minimum absolute atomic E-state index is 0. The van der Waals surface area contributed by atoms with Gasteiger partial charge in [-0.05, 0) is 0 Å². The van der Waals surface area contributed by atoms with Crippen molar-refractivity contribution in [1.29, 1.82) is 0 Å². The molecule has 8 heteroatoms. The fourth-order valence-electron chi connectivity index (χ4n) is 0.668. The van der Waals surface area contributed by atoms with E-state index in [0.717, 1.165) is 0 Å². The highest BCUT2D eigenvalue weighted by Crippen LogP contribution is 2.04. The molecule has 0 aromatic rings. The second kappa shape index (κ2) is 8.53. The van der Waals surface area contributed by atoms with Crippen LogP contribution >= 0.6 is 0 Å². The molecule has 0 heterocycles. The third-order valence-electron chi connectivity index (χ3n) is 1.51. The Morgan fingerprint density at radius 2 is 1.47 bits per heavy atom. The Bertz CT molecular complexity index is 172. The van der Waals surface area contributed by atoms with Gasteiger partial charge in [0.05, 0.1) is 6.61 Å². The predicted molar refractivity (Wildman–Crippen MR) is 49.1 cm³/mol.